The SMILES string of the molecule is FC(F)(F)c1ccc2oc(-c3ccncc3C3CC=N/C=C\CC3)nc2c1. The number of aliphatic imine (C=N–C) groups is 1. The van der Waals surface area contributed by atoms with Gasteiger partial charge in [-0.2, -0.15) is 13.2 Å². The number of pyridine rings is 1. The molecule has 0 bridgehead atoms. The van der Waals surface area contributed by atoms with Crippen LogP contribution >= 0.6 is 0 Å². The van der Waals surface area contributed by atoms with Gasteiger partial charge in [-0.3, -0.25) is 9.98 Å². The molecule has 1 aliphatic heterocycles. The molecular formula is C20H16F3N3O. The molecule has 0 N–H and O–H groups in total. The highest BCUT2D eigenvalue weighted by molar-refractivity contribution is 5.78. The van der Waals surface area contributed by atoms with Gasteiger partial charge in [0.05, 0.1) is 5.56 Å². The number of alkyl halides is 3. The fourth-order valence-electron chi connectivity index (χ4n) is 3.23. The molecule has 0 aliphatic carbocycles. The summed E-state index contributed by atoms with van der Waals surface area (Å²) in [7, 11) is 0. The summed E-state index contributed by atoms with van der Waals surface area (Å²) in [4.78, 5) is 12.7. The van der Waals surface area contributed by atoms with Crippen molar-refractivity contribution in [3.05, 3.63) is 60.1 Å². The van der Waals surface area contributed by atoms with Gasteiger partial charge in [0.1, 0.15) is 5.52 Å². The number of oxazole rings is 1. The molecule has 1 aliphatic rings. The van der Waals surface area contributed by atoms with Crippen molar-refractivity contribution in [2.75, 3.05) is 0 Å². The molecule has 1 atom stereocenters. The Bertz CT molecular complexity index is 1020. The highest BCUT2D eigenvalue weighted by Gasteiger charge is 2.31. The number of nitrogens with zero attached hydrogens (tertiary/aromatic N) is 3. The van der Waals surface area contributed by atoms with Crippen molar-refractivity contribution in [2.45, 2.75) is 31.4 Å². The van der Waals surface area contributed by atoms with Crippen LogP contribution in [0.3, 0.4) is 0 Å². The average molecular weight is 371 g/mol. The Morgan fingerprint density at radius 1 is 1.15 bits per heavy atom. The first-order valence-electron chi connectivity index (χ1n) is 8.61. The van der Waals surface area contributed by atoms with Crippen molar-refractivity contribution in [2.24, 2.45) is 4.99 Å². The Balaban J connectivity index is 1.75. The van der Waals surface area contributed by atoms with Crippen molar-refractivity contribution < 1.29 is 17.6 Å². The number of allylic oxidation sites excluding steroid dienone is 1. The zero-order valence-electron chi connectivity index (χ0n) is 14.3. The molecule has 138 valence electrons. The topological polar surface area (TPSA) is 51.3 Å². The molecule has 0 radical (unpaired) electrons. The fraction of sp³-hybridized carbons (Fsp3) is 0.250. The van der Waals surface area contributed by atoms with E-state index in [1.807, 2.05) is 12.3 Å². The van der Waals surface area contributed by atoms with Crippen LogP contribution in [0.15, 0.2) is 58.3 Å². The molecule has 7 heteroatoms. The van der Waals surface area contributed by atoms with Gasteiger partial charge in [-0.05, 0) is 55.0 Å². The van der Waals surface area contributed by atoms with E-state index >= 15 is 0 Å². The minimum absolute atomic E-state index is 0.183. The zero-order chi connectivity index (χ0) is 18.9. The van der Waals surface area contributed by atoms with Gasteiger partial charge in [0.25, 0.3) is 0 Å². The highest BCUT2D eigenvalue weighted by atomic mass is 19.4. The van der Waals surface area contributed by atoms with Gasteiger partial charge in [-0.1, -0.05) is 6.08 Å². The lowest BCUT2D eigenvalue weighted by Crippen LogP contribution is -2.04. The van der Waals surface area contributed by atoms with Crippen molar-refractivity contribution >= 4 is 17.3 Å². The van der Waals surface area contributed by atoms with Crippen LogP contribution in [0.1, 0.15) is 36.3 Å². The number of halogens is 3. The summed E-state index contributed by atoms with van der Waals surface area (Å²) in [5.74, 6) is 0.486. The molecule has 1 aromatic carbocycles. The van der Waals surface area contributed by atoms with E-state index in [2.05, 4.69) is 15.0 Å². The van der Waals surface area contributed by atoms with Gasteiger partial charge in [-0.15, -0.1) is 0 Å². The Morgan fingerprint density at radius 2 is 2.04 bits per heavy atom. The summed E-state index contributed by atoms with van der Waals surface area (Å²) >= 11 is 0. The van der Waals surface area contributed by atoms with Crippen LogP contribution < -0.4 is 0 Å². The molecule has 3 heterocycles. The second kappa shape index (κ2) is 6.98. The summed E-state index contributed by atoms with van der Waals surface area (Å²) in [5.41, 5.74) is 1.47. The van der Waals surface area contributed by atoms with Crippen molar-refractivity contribution in [1.82, 2.24) is 9.97 Å². The molecule has 0 amide bonds. The summed E-state index contributed by atoms with van der Waals surface area (Å²) in [5, 5.41) is 0. The Morgan fingerprint density at radius 3 is 2.89 bits per heavy atom. The van der Waals surface area contributed by atoms with Gasteiger partial charge >= 0.3 is 6.18 Å². The maximum atomic E-state index is 12.9. The largest absolute Gasteiger partial charge is 0.436 e. The number of benzene rings is 1. The standard InChI is InChI=1S/C20H16F3N3O/c21-20(22,23)14-4-5-18-17(11-14)26-19(27-18)15-7-10-25-12-16(15)13-3-1-2-8-24-9-6-13/h2,4-5,7-13H,1,3,6H2/b8-2-,24-9?. The second-order valence-electron chi connectivity index (χ2n) is 6.39. The summed E-state index contributed by atoms with van der Waals surface area (Å²) in [6.45, 7) is 0. The molecule has 0 saturated carbocycles. The Hall–Kier alpha value is -2.96. The monoisotopic (exact) mass is 371 g/mol. The molecule has 3 aromatic rings. The predicted octanol–water partition coefficient (Wildman–Crippen LogP) is 5.76. The van der Waals surface area contributed by atoms with E-state index in [4.69, 9.17) is 4.42 Å². The Kier molecular flexibility index (Phi) is 4.51. The first kappa shape index (κ1) is 17.5. The van der Waals surface area contributed by atoms with Gasteiger partial charge in [-0.25, -0.2) is 4.98 Å². The van der Waals surface area contributed by atoms with Crippen LogP contribution in [0, 0.1) is 0 Å². The number of rotatable bonds is 2. The van der Waals surface area contributed by atoms with Crippen LogP contribution in [0.4, 0.5) is 13.2 Å². The lowest BCUT2D eigenvalue weighted by Gasteiger charge is -2.17. The fourth-order valence-corrected chi connectivity index (χ4v) is 3.23. The van der Waals surface area contributed by atoms with Gasteiger partial charge in [0.15, 0.2) is 5.58 Å². The van der Waals surface area contributed by atoms with Crippen molar-refractivity contribution in [3.8, 4) is 11.5 Å². The summed E-state index contributed by atoms with van der Waals surface area (Å²) in [6.07, 6.45) is 7.21. The van der Waals surface area contributed by atoms with E-state index < -0.39 is 11.7 Å². The normalized spacial score (nSPS) is 19.0. The minimum atomic E-state index is -4.42. The third kappa shape index (κ3) is 3.63. The van der Waals surface area contributed by atoms with E-state index in [9.17, 15) is 13.2 Å². The molecule has 4 rings (SSSR count). The zero-order valence-corrected chi connectivity index (χ0v) is 14.3. The van der Waals surface area contributed by atoms with E-state index in [0.29, 0.717) is 11.5 Å². The van der Waals surface area contributed by atoms with Crippen molar-refractivity contribution in [1.29, 1.82) is 0 Å². The molecular weight excluding hydrogens is 355 g/mol. The quantitative estimate of drug-likeness (QED) is 0.575. The van der Waals surface area contributed by atoms with Crippen molar-refractivity contribution in [3.63, 3.8) is 0 Å². The van der Waals surface area contributed by atoms with E-state index in [1.54, 1.807) is 24.7 Å². The molecule has 0 fully saturated rings. The van der Waals surface area contributed by atoms with Crippen LogP contribution in [0.25, 0.3) is 22.6 Å². The summed E-state index contributed by atoms with van der Waals surface area (Å²) < 4.78 is 44.6. The predicted molar refractivity (Wildman–Crippen MR) is 96.5 cm³/mol. The van der Waals surface area contributed by atoms with Crippen LogP contribution in [0.5, 0.6) is 0 Å². The third-order valence-electron chi connectivity index (χ3n) is 4.61. The lowest BCUT2D eigenvalue weighted by molar-refractivity contribution is -0.137. The van der Waals surface area contributed by atoms with E-state index in [-0.39, 0.29) is 11.4 Å². The Labute approximate surface area is 153 Å². The molecule has 0 spiro atoms. The minimum Gasteiger partial charge on any atom is -0.436 e. The highest BCUT2D eigenvalue weighted by Crippen LogP contribution is 2.36. The molecule has 4 nitrogen and oxygen atoms in total. The molecule has 0 saturated heterocycles. The molecule has 2 aromatic heterocycles. The first-order chi connectivity index (χ1) is 13.0. The number of hydrogen-bond donors (Lipinski definition) is 0. The van der Waals surface area contributed by atoms with E-state index in [0.717, 1.165) is 42.5 Å². The second-order valence-corrected chi connectivity index (χ2v) is 6.39. The number of fused-ring (bicyclic) bond motifs is 1. The maximum absolute atomic E-state index is 12.9. The molecule has 1 unspecified atom stereocenters. The lowest BCUT2D eigenvalue weighted by atomic mass is 9.89. The first-order valence-corrected chi connectivity index (χ1v) is 8.61. The summed E-state index contributed by atoms with van der Waals surface area (Å²) in [6, 6.07) is 5.11. The smallest absolute Gasteiger partial charge is 0.416 e. The van der Waals surface area contributed by atoms with Gasteiger partial charge < -0.3 is 4.42 Å². The van der Waals surface area contributed by atoms with Gasteiger partial charge in [0, 0.05) is 30.4 Å². The van der Waals surface area contributed by atoms with Gasteiger partial charge in [0.2, 0.25) is 5.89 Å². The third-order valence-corrected chi connectivity index (χ3v) is 4.61. The molecule has 27 heavy (non-hydrogen) atoms. The van der Waals surface area contributed by atoms with Crippen LogP contribution in [-0.2, 0) is 6.18 Å². The average Bonchev–Trinajstić information content (AvgIpc) is 3.04. The van der Waals surface area contributed by atoms with E-state index in [1.165, 1.54) is 6.07 Å². The maximum Gasteiger partial charge on any atom is 0.416 e. The van der Waals surface area contributed by atoms with Crippen LogP contribution in [-0.4, -0.2) is 16.2 Å². The van der Waals surface area contributed by atoms with Crippen LogP contribution in [0.2, 0.25) is 0 Å². The number of aromatic nitrogens is 2. The number of hydrogen-bond acceptors (Lipinski definition) is 4.